The smallest absolute Gasteiger partial charge is 0.246 e. The Morgan fingerprint density at radius 1 is 1.41 bits per heavy atom. The second kappa shape index (κ2) is 5.60. The van der Waals surface area contributed by atoms with Crippen molar-refractivity contribution >= 4 is 0 Å². The average Bonchev–Trinajstić information content (AvgIpc) is 2.68. The van der Waals surface area contributed by atoms with Gasteiger partial charge in [-0.1, -0.05) is 25.9 Å². The molecule has 1 aromatic heterocycles. The van der Waals surface area contributed by atoms with Crippen molar-refractivity contribution < 1.29 is 9.26 Å². The number of ether oxygens (including phenoxy) is 1. The van der Waals surface area contributed by atoms with Crippen LogP contribution < -0.4 is 5.32 Å². The van der Waals surface area contributed by atoms with Crippen LogP contribution in [0.3, 0.4) is 0 Å². The molecule has 98 valence electrons. The predicted octanol–water partition coefficient (Wildman–Crippen LogP) is 2.26. The maximum absolute atomic E-state index is 5.38. The highest BCUT2D eigenvalue weighted by molar-refractivity contribution is 5.01. The molecule has 0 aliphatic carbocycles. The fourth-order valence-corrected chi connectivity index (χ4v) is 1.80. The summed E-state index contributed by atoms with van der Waals surface area (Å²) in [5, 5.41) is 7.31. The third-order valence-corrected chi connectivity index (χ3v) is 2.71. The standard InChI is InChI=1S/C12H23N3O2/c1-7-13-12(4,5)11-14-10(15-17-11)9(16-6)8(2)3/h8-9,13H,7H2,1-6H3. The van der Waals surface area contributed by atoms with Gasteiger partial charge < -0.3 is 14.6 Å². The van der Waals surface area contributed by atoms with E-state index in [1.807, 2.05) is 20.8 Å². The number of nitrogens with zero attached hydrogens (tertiary/aromatic N) is 2. The molecule has 1 rings (SSSR count). The fraction of sp³-hybridized carbons (Fsp3) is 0.833. The summed E-state index contributed by atoms with van der Waals surface area (Å²) >= 11 is 0. The van der Waals surface area contributed by atoms with Gasteiger partial charge in [-0.15, -0.1) is 0 Å². The molecule has 0 aliphatic heterocycles. The monoisotopic (exact) mass is 241 g/mol. The summed E-state index contributed by atoms with van der Waals surface area (Å²) in [7, 11) is 1.66. The zero-order valence-corrected chi connectivity index (χ0v) is 11.6. The number of methoxy groups -OCH3 is 1. The Morgan fingerprint density at radius 2 is 2.06 bits per heavy atom. The molecule has 1 unspecified atom stereocenters. The lowest BCUT2D eigenvalue weighted by molar-refractivity contribution is 0.0555. The van der Waals surface area contributed by atoms with E-state index in [2.05, 4.69) is 29.3 Å². The summed E-state index contributed by atoms with van der Waals surface area (Å²) in [5.74, 6) is 1.52. The zero-order chi connectivity index (χ0) is 13.1. The summed E-state index contributed by atoms with van der Waals surface area (Å²) in [6.07, 6.45) is -0.120. The van der Waals surface area contributed by atoms with Gasteiger partial charge in [-0.3, -0.25) is 0 Å². The van der Waals surface area contributed by atoms with Crippen LogP contribution in [0.1, 0.15) is 52.4 Å². The van der Waals surface area contributed by atoms with Gasteiger partial charge in [0, 0.05) is 7.11 Å². The topological polar surface area (TPSA) is 60.2 Å². The molecule has 0 saturated heterocycles. The maximum atomic E-state index is 5.38. The van der Waals surface area contributed by atoms with Gasteiger partial charge in [0.1, 0.15) is 6.10 Å². The van der Waals surface area contributed by atoms with Crippen LogP contribution in [-0.4, -0.2) is 23.8 Å². The van der Waals surface area contributed by atoms with Gasteiger partial charge in [-0.05, 0) is 26.3 Å². The highest BCUT2D eigenvalue weighted by atomic mass is 16.5. The van der Waals surface area contributed by atoms with E-state index in [1.54, 1.807) is 7.11 Å². The summed E-state index contributed by atoms with van der Waals surface area (Å²) in [4.78, 5) is 4.43. The quantitative estimate of drug-likeness (QED) is 0.827. The summed E-state index contributed by atoms with van der Waals surface area (Å²) in [6.45, 7) is 11.1. The first-order valence-electron chi connectivity index (χ1n) is 6.04. The van der Waals surface area contributed by atoms with E-state index in [1.165, 1.54) is 0 Å². The number of rotatable bonds is 6. The van der Waals surface area contributed by atoms with Crippen LogP contribution >= 0.6 is 0 Å². The molecule has 17 heavy (non-hydrogen) atoms. The van der Waals surface area contributed by atoms with Crippen LogP contribution in [0.4, 0.5) is 0 Å². The van der Waals surface area contributed by atoms with Crippen molar-refractivity contribution in [1.29, 1.82) is 0 Å². The first-order valence-corrected chi connectivity index (χ1v) is 6.04. The molecule has 0 spiro atoms. The van der Waals surface area contributed by atoms with E-state index < -0.39 is 0 Å². The van der Waals surface area contributed by atoms with E-state index in [0.717, 1.165) is 6.54 Å². The third kappa shape index (κ3) is 3.26. The van der Waals surface area contributed by atoms with Crippen molar-refractivity contribution in [2.45, 2.75) is 46.3 Å². The Hall–Kier alpha value is -0.940. The minimum absolute atomic E-state index is 0.120. The van der Waals surface area contributed by atoms with Gasteiger partial charge in [0.05, 0.1) is 5.54 Å². The molecular formula is C12H23N3O2. The van der Waals surface area contributed by atoms with Crippen molar-refractivity contribution in [3.63, 3.8) is 0 Å². The van der Waals surface area contributed by atoms with Crippen molar-refractivity contribution in [3.8, 4) is 0 Å². The van der Waals surface area contributed by atoms with Crippen LogP contribution in [0.5, 0.6) is 0 Å². The highest BCUT2D eigenvalue weighted by Crippen LogP contribution is 2.25. The summed E-state index contributed by atoms with van der Waals surface area (Å²) < 4.78 is 10.7. The molecular weight excluding hydrogens is 218 g/mol. The molecule has 1 aromatic rings. The van der Waals surface area contributed by atoms with E-state index in [0.29, 0.717) is 17.6 Å². The molecule has 0 amide bonds. The van der Waals surface area contributed by atoms with Crippen LogP contribution in [0.2, 0.25) is 0 Å². The summed E-state index contributed by atoms with van der Waals surface area (Å²) in [5.41, 5.74) is -0.310. The van der Waals surface area contributed by atoms with Crippen molar-refractivity contribution in [2.75, 3.05) is 13.7 Å². The van der Waals surface area contributed by atoms with Gasteiger partial charge in [0.15, 0.2) is 0 Å². The maximum Gasteiger partial charge on any atom is 0.246 e. The Bertz CT molecular complexity index is 347. The van der Waals surface area contributed by atoms with Gasteiger partial charge in [0.2, 0.25) is 11.7 Å². The third-order valence-electron chi connectivity index (χ3n) is 2.71. The van der Waals surface area contributed by atoms with Crippen LogP contribution in [-0.2, 0) is 10.3 Å². The van der Waals surface area contributed by atoms with Gasteiger partial charge in [-0.25, -0.2) is 0 Å². The van der Waals surface area contributed by atoms with Gasteiger partial charge in [0.25, 0.3) is 0 Å². The molecule has 0 radical (unpaired) electrons. The van der Waals surface area contributed by atoms with Crippen LogP contribution in [0, 0.1) is 5.92 Å². The Kier molecular flexibility index (Phi) is 4.65. The second-order valence-electron chi connectivity index (χ2n) is 5.01. The lowest BCUT2D eigenvalue weighted by Crippen LogP contribution is -2.36. The van der Waals surface area contributed by atoms with Crippen molar-refractivity contribution in [1.82, 2.24) is 15.5 Å². The number of hydrogen-bond acceptors (Lipinski definition) is 5. The lowest BCUT2D eigenvalue weighted by Gasteiger charge is -2.20. The molecule has 1 N–H and O–H groups in total. The predicted molar refractivity (Wildman–Crippen MR) is 65.6 cm³/mol. The van der Waals surface area contributed by atoms with Crippen LogP contribution in [0.15, 0.2) is 4.52 Å². The molecule has 0 aromatic carbocycles. The number of hydrogen-bond donors (Lipinski definition) is 1. The highest BCUT2D eigenvalue weighted by Gasteiger charge is 2.29. The van der Waals surface area contributed by atoms with Crippen LogP contribution in [0.25, 0.3) is 0 Å². The van der Waals surface area contributed by atoms with E-state index in [4.69, 9.17) is 9.26 Å². The number of nitrogens with one attached hydrogen (secondary N) is 1. The molecule has 5 heteroatoms. The fourth-order valence-electron chi connectivity index (χ4n) is 1.80. The lowest BCUT2D eigenvalue weighted by atomic mass is 10.1. The first-order chi connectivity index (χ1) is 7.92. The largest absolute Gasteiger partial charge is 0.373 e. The minimum atomic E-state index is -0.310. The first kappa shape index (κ1) is 14.1. The summed E-state index contributed by atoms with van der Waals surface area (Å²) in [6, 6.07) is 0. The van der Waals surface area contributed by atoms with Gasteiger partial charge in [-0.2, -0.15) is 4.98 Å². The molecule has 0 saturated carbocycles. The van der Waals surface area contributed by atoms with Crippen molar-refractivity contribution in [3.05, 3.63) is 11.7 Å². The second-order valence-corrected chi connectivity index (χ2v) is 5.01. The molecule has 0 fully saturated rings. The molecule has 1 heterocycles. The Morgan fingerprint density at radius 3 is 2.53 bits per heavy atom. The molecule has 5 nitrogen and oxygen atoms in total. The number of aromatic nitrogens is 2. The SMILES string of the molecule is CCNC(C)(C)c1nc(C(OC)C(C)C)no1. The van der Waals surface area contributed by atoms with E-state index >= 15 is 0 Å². The Balaban J connectivity index is 2.90. The molecule has 1 atom stereocenters. The van der Waals surface area contributed by atoms with E-state index in [-0.39, 0.29) is 11.6 Å². The van der Waals surface area contributed by atoms with E-state index in [9.17, 15) is 0 Å². The Labute approximate surface area is 103 Å². The normalized spacial score (nSPS) is 14.3. The van der Waals surface area contributed by atoms with Gasteiger partial charge >= 0.3 is 0 Å². The molecule has 0 aliphatic rings. The molecule has 0 bridgehead atoms. The minimum Gasteiger partial charge on any atom is -0.373 e. The van der Waals surface area contributed by atoms with Crippen molar-refractivity contribution in [2.24, 2.45) is 5.92 Å². The average molecular weight is 241 g/mol. The zero-order valence-electron chi connectivity index (χ0n) is 11.6.